The normalized spacial score (nSPS) is 11.4. The third kappa shape index (κ3) is 2.40. The van der Waals surface area contributed by atoms with Crippen LogP contribution in [-0.4, -0.2) is 26.7 Å². The topological polar surface area (TPSA) is 79.8 Å². The van der Waals surface area contributed by atoms with Crippen LogP contribution in [-0.2, 0) is 11.3 Å². The van der Waals surface area contributed by atoms with Gasteiger partial charge in [-0.15, -0.1) is 0 Å². The summed E-state index contributed by atoms with van der Waals surface area (Å²) in [6.45, 7) is 3.66. The molecule has 2 heterocycles. The fourth-order valence-electron chi connectivity index (χ4n) is 2.39. The van der Waals surface area contributed by atoms with E-state index in [1.165, 1.54) is 4.68 Å². The summed E-state index contributed by atoms with van der Waals surface area (Å²) < 4.78 is 1.18. The second kappa shape index (κ2) is 5.05. The first-order valence-electron chi connectivity index (χ1n) is 6.82. The van der Waals surface area contributed by atoms with E-state index in [9.17, 15) is 9.59 Å². The molecule has 0 fully saturated rings. The Morgan fingerprint density at radius 1 is 1.33 bits per heavy atom. The number of rotatable bonds is 3. The van der Waals surface area contributed by atoms with Crippen molar-refractivity contribution < 1.29 is 4.79 Å². The van der Waals surface area contributed by atoms with Crippen LogP contribution in [0.4, 0.5) is 0 Å². The standard InChI is InChI=1S/C15H16N4O2/c1-9(2)17-13(20)8-19-15(21)14-11(7-16-19)10-5-3-4-6-12(10)18-14/h3-7,9,18H,8H2,1-2H3,(H,17,20). The molecule has 0 aliphatic heterocycles. The Morgan fingerprint density at radius 3 is 2.86 bits per heavy atom. The molecule has 21 heavy (non-hydrogen) atoms. The van der Waals surface area contributed by atoms with Gasteiger partial charge in [0.15, 0.2) is 0 Å². The maximum absolute atomic E-state index is 12.4. The lowest BCUT2D eigenvalue weighted by molar-refractivity contribution is -0.122. The molecule has 1 amide bonds. The molecule has 108 valence electrons. The monoisotopic (exact) mass is 284 g/mol. The quantitative estimate of drug-likeness (QED) is 0.763. The number of para-hydroxylation sites is 1. The summed E-state index contributed by atoms with van der Waals surface area (Å²) in [4.78, 5) is 27.3. The van der Waals surface area contributed by atoms with Crippen LogP contribution in [0.5, 0.6) is 0 Å². The number of hydrogen-bond acceptors (Lipinski definition) is 3. The van der Waals surface area contributed by atoms with Crippen molar-refractivity contribution in [3.05, 3.63) is 40.8 Å². The summed E-state index contributed by atoms with van der Waals surface area (Å²) in [5.74, 6) is -0.227. The van der Waals surface area contributed by atoms with E-state index in [4.69, 9.17) is 0 Å². The second-order valence-corrected chi connectivity index (χ2v) is 5.29. The van der Waals surface area contributed by atoms with Crippen molar-refractivity contribution in [1.29, 1.82) is 0 Å². The predicted molar refractivity (Wildman–Crippen MR) is 81.1 cm³/mol. The number of amides is 1. The number of H-pyrrole nitrogens is 1. The molecule has 0 radical (unpaired) electrons. The molecule has 6 heteroatoms. The molecule has 3 rings (SSSR count). The highest BCUT2D eigenvalue weighted by atomic mass is 16.2. The molecule has 1 aromatic carbocycles. The molecule has 2 aromatic heterocycles. The number of nitrogens with zero attached hydrogens (tertiary/aromatic N) is 2. The van der Waals surface area contributed by atoms with Crippen molar-refractivity contribution in [1.82, 2.24) is 20.1 Å². The van der Waals surface area contributed by atoms with E-state index < -0.39 is 0 Å². The van der Waals surface area contributed by atoms with Gasteiger partial charge >= 0.3 is 0 Å². The fourth-order valence-corrected chi connectivity index (χ4v) is 2.39. The Labute approximate surface area is 120 Å². The molecular weight excluding hydrogens is 268 g/mol. The zero-order valence-electron chi connectivity index (χ0n) is 11.9. The molecule has 0 saturated carbocycles. The molecule has 0 atom stereocenters. The van der Waals surface area contributed by atoms with E-state index in [2.05, 4.69) is 15.4 Å². The van der Waals surface area contributed by atoms with Gasteiger partial charge in [0, 0.05) is 22.3 Å². The summed E-state index contributed by atoms with van der Waals surface area (Å²) in [7, 11) is 0. The van der Waals surface area contributed by atoms with Gasteiger partial charge in [-0.1, -0.05) is 18.2 Å². The summed E-state index contributed by atoms with van der Waals surface area (Å²) in [6, 6.07) is 7.69. The summed E-state index contributed by atoms with van der Waals surface area (Å²) in [5, 5.41) is 8.57. The number of aromatic nitrogens is 3. The predicted octanol–water partition coefficient (Wildman–Crippen LogP) is 1.40. The third-order valence-electron chi connectivity index (χ3n) is 3.26. The van der Waals surface area contributed by atoms with Crippen molar-refractivity contribution >= 4 is 27.7 Å². The minimum Gasteiger partial charge on any atom is -0.352 e. The minimum atomic E-state index is -0.289. The second-order valence-electron chi connectivity index (χ2n) is 5.29. The van der Waals surface area contributed by atoms with E-state index in [0.717, 1.165) is 16.3 Å². The van der Waals surface area contributed by atoms with Gasteiger partial charge in [-0.2, -0.15) is 5.10 Å². The number of carbonyl (C=O) groups is 1. The van der Waals surface area contributed by atoms with Crippen LogP contribution in [0.3, 0.4) is 0 Å². The van der Waals surface area contributed by atoms with Gasteiger partial charge in [0.2, 0.25) is 5.91 Å². The van der Waals surface area contributed by atoms with Crippen molar-refractivity contribution in [2.24, 2.45) is 0 Å². The van der Waals surface area contributed by atoms with Gasteiger partial charge in [-0.25, -0.2) is 4.68 Å². The van der Waals surface area contributed by atoms with Crippen LogP contribution in [0.1, 0.15) is 13.8 Å². The number of hydrogen-bond donors (Lipinski definition) is 2. The first kappa shape index (κ1) is 13.4. The third-order valence-corrected chi connectivity index (χ3v) is 3.26. The fraction of sp³-hybridized carbons (Fsp3) is 0.267. The molecule has 0 unspecified atom stereocenters. The van der Waals surface area contributed by atoms with Gasteiger partial charge in [0.1, 0.15) is 12.1 Å². The highest BCUT2D eigenvalue weighted by Crippen LogP contribution is 2.21. The highest BCUT2D eigenvalue weighted by molar-refractivity contribution is 6.06. The van der Waals surface area contributed by atoms with Gasteiger partial charge in [0.25, 0.3) is 5.56 Å². The lowest BCUT2D eigenvalue weighted by Crippen LogP contribution is -2.36. The van der Waals surface area contributed by atoms with Crippen molar-refractivity contribution in [3.8, 4) is 0 Å². The number of benzene rings is 1. The van der Waals surface area contributed by atoms with Crippen molar-refractivity contribution in [3.63, 3.8) is 0 Å². The zero-order chi connectivity index (χ0) is 15.0. The van der Waals surface area contributed by atoms with Crippen molar-refractivity contribution in [2.75, 3.05) is 0 Å². The smallest absolute Gasteiger partial charge is 0.291 e. The van der Waals surface area contributed by atoms with E-state index in [-0.39, 0.29) is 24.1 Å². The Bertz CT molecular complexity index is 876. The van der Waals surface area contributed by atoms with E-state index >= 15 is 0 Å². The first-order chi connectivity index (χ1) is 10.1. The minimum absolute atomic E-state index is 0.0324. The largest absolute Gasteiger partial charge is 0.352 e. The molecule has 2 N–H and O–H groups in total. The molecule has 0 aliphatic carbocycles. The Kier molecular flexibility index (Phi) is 3.21. The van der Waals surface area contributed by atoms with E-state index in [0.29, 0.717) is 5.52 Å². The van der Waals surface area contributed by atoms with Crippen LogP contribution in [0.15, 0.2) is 35.3 Å². The molecule has 0 saturated heterocycles. The van der Waals surface area contributed by atoms with Crippen LogP contribution in [0.2, 0.25) is 0 Å². The molecule has 6 nitrogen and oxygen atoms in total. The van der Waals surface area contributed by atoms with Crippen molar-refractivity contribution in [2.45, 2.75) is 26.4 Å². The van der Waals surface area contributed by atoms with E-state index in [1.54, 1.807) is 6.20 Å². The maximum atomic E-state index is 12.4. The van der Waals surface area contributed by atoms with Crippen LogP contribution in [0, 0.1) is 0 Å². The van der Waals surface area contributed by atoms with Crippen LogP contribution >= 0.6 is 0 Å². The molecular formula is C15H16N4O2. The van der Waals surface area contributed by atoms with E-state index in [1.807, 2.05) is 38.1 Å². The molecule has 3 aromatic rings. The lowest BCUT2D eigenvalue weighted by atomic mass is 10.2. The highest BCUT2D eigenvalue weighted by Gasteiger charge is 2.12. The Morgan fingerprint density at radius 2 is 2.10 bits per heavy atom. The summed E-state index contributed by atoms with van der Waals surface area (Å²) in [6.07, 6.45) is 1.62. The number of aromatic amines is 1. The van der Waals surface area contributed by atoms with Gasteiger partial charge in [0.05, 0.1) is 6.20 Å². The first-order valence-corrected chi connectivity index (χ1v) is 6.82. The zero-order valence-corrected chi connectivity index (χ0v) is 11.9. The average molecular weight is 284 g/mol. The van der Waals surface area contributed by atoms with Gasteiger partial charge < -0.3 is 10.3 Å². The van der Waals surface area contributed by atoms with Gasteiger partial charge in [-0.3, -0.25) is 9.59 Å². The Hall–Kier alpha value is -2.63. The number of carbonyl (C=O) groups excluding carboxylic acids is 1. The molecule has 0 aliphatic rings. The summed E-state index contributed by atoms with van der Waals surface area (Å²) in [5.41, 5.74) is 1.07. The summed E-state index contributed by atoms with van der Waals surface area (Å²) >= 11 is 0. The number of fused-ring (bicyclic) bond motifs is 3. The number of nitrogens with one attached hydrogen (secondary N) is 2. The SMILES string of the molecule is CC(C)NC(=O)Cn1ncc2c([nH]c3ccccc32)c1=O. The van der Waals surface area contributed by atoms with Gasteiger partial charge in [-0.05, 0) is 19.9 Å². The Balaban J connectivity index is 2.06. The molecule has 0 bridgehead atoms. The lowest BCUT2D eigenvalue weighted by Gasteiger charge is -2.08. The molecule has 0 spiro atoms. The van der Waals surface area contributed by atoms with Crippen LogP contribution in [0.25, 0.3) is 21.8 Å². The average Bonchev–Trinajstić information content (AvgIpc) is 2.80. The van der Waals surface area contributed by atoms with Crippen LogP contribution < -0.4 is 10.9 Å². The maximum Gasteiger partial charge on any atom is 0.291 e.